The minimum absolute atomic E-state index is 0.0166. The molecule has 1 unspecified atom stereocenters. The molecule has 2 rings (SSSR count). The van der Waals surface area contributed by atoms with Gasteiger partial charge in [0.15, 0.2) is 5.13 Å². The normalized spacial score (nSPS) is 18.4. The fourth-order valence-electron chi connectivity index (χ4n) is 2.09. The molecule has 1 N–H and O–H groups in total. The van der Waals surface area contributed by atoms with Crippen LogP contribution in [-0.4, -0.2) is 31.7 Å². The van der Waals surface area contributed by atoms with Crippen molar-refractivity contribution in [3.8, 4) is 0 Å². The van der Waals surface area contributed by atoms with E-state index in [4.69, 9.17) is 4.74 Å². The zero-order chi connectivity index (χ0) is 14.8. The Labute approximate surface area is 122 Å². The van der Waals surface area contributed by atoms with Crippen LogP contribution in [-0.2, 0) is 32.4 Å². The summed E-state index contributed by atoms with van der Waals surface area (Å²) in [5.74, 6) is -0.302. The van der Waals surface area contributed by atoms with E-state index in [1.54, 1.807) is 13.8 Å². The summed E-state index contributed by atoms with van der Waals surface area (Å²) in [4.78, 5) is 17.0. The summed E-state index contributed by atoms with van der Waals surface area (Å²) in [5, 5.41) is 0.390. The topological polar surface area (TPSA) is 85.4 Å². The summed E-state index contributed by atoms with van der Waals surface area (Å²) in [6.45, 7) is 3.75. The Balaban J connectivity index is 2.10. The van der Waals surface area contributed by atoms with Crippen molar-refractivity contribution in [2.75, 3.05) is 17.1 Å². The molecule has 0 radical (unpaired) electrons. The van der Waals surface area contributed by atoms with Crippen molar-refractivity contribution < 1.29 is 17.9 Å². The van der Waals surface area contributed by atoms with Gasteiger partial charge in [0.2, 0.25) is 10.0 Å². The number of hydrogen-bond acceptors (Lipinski definition) is 6. The lowest BCUT2D eigenvalue weighted by Gasteiger charge is -2.18. The van der Waals surface area contributed by atoms with Gasteiger partial charge >= 0.3 is 5.97 Å². The molecule has 0 aromatic carbocycles. The third kappa shape index (κ3) is 3.49. The minimum Gasteiger partial charge on any atom is -0.466 e. The average molecular weight is 318 g/mol. The number of esters is 1. The zero-order valence-corrected chi connectivity index (χ0v) is 13.1. The molecular formula is C12H18N2O4S2. The predicted molar refractivity (Wildman–Crippen MR) is 77.3 cm³/mol. The largest absolute Gasteiger partial charge is 0.466 e. The first-order chi connectivity index (χ1) is 9.45. The summed E-state index contributed by atoms with van der Waals surface area (Å²) in [5.41, 5.74) is 0.893. The number of sulfonamides is 1. The van der Waals surface area contributed by atoms with Crippen molar-refractivity contribution in [1.82, 2.24) is 4.98 Å². The molecule has 0 saturated heterocycles. The first-order valence-corrected chi connectivity index (χ1v) is 9.07. The van der Waals surface area contributed by atoms with Gasteiger partial charge in [0.05, 0.1) is 24.0 Å². The number of aromatic nitrogens is 1. The van der Waals surface area contributed by atoms with E-state index < -0.39 is 10.0 Å². The van der Waals surface area contributed by atoms with Gasteiger partial charge < -0.3 is 4.74 Å². The molecule has 1 aliphatic rings. The second kappa shape index (κ2) is 6.09. The van der Waals surface area contributed by atoms with Gasteiger partial charge in [0.1, 0.15) is 0 Å². The van der Waals surface area contributed by atoms with Crippen molar-refractivity contribution in [1.29, 1.82) is 0 Å². The first kappa shape index (κ1) is 15.2. The van der Waals surface area contributed by atoms with Gasteiger partial charge in [-0.2, -0.15) is 0 Å². The number of hydrogen-bond donors (Lipinski definition) is 1. The number of fused-ring (bicyclic) bond motifs is 1. The monoisotopic (exact) mass is 318 g/mol. The van der Waals surface area contributed by atoms with Crippen LogP contribution in [0.2, 0.25) is 0 Å². The van der Waals surface area contributed by atoms with E-state index in [2.05, 4.69) is 9.71 Å². The van der Waals surface area contributed by atoms with Crippen LogP contribution < -0.4 is 4.72 Å². The summed E-state index contributed by atoms with van der Waals surface area (Å²) >= 11 is 1.31. The molecule has 0 amide bonds. The highest BCUT2D eigenvalue weighted by Crippen LogP contribution is 2.33. The number of anilines is 1. The number of thiazole rings is 1. The second-order valence-electron chi connectivity index (χ2n) is 4.59. The highest BCUT2D eigenvalue weighted by Gasteiger charge is 2.28. The highest BCUT2D eigenvalue weighted by molar-refractivity contribution is 7.92. The molecule has 0 aliphatic heterocycles. The molecule has 1 aromatic rings. The van der Waals surface area contributed by atoms with Crippen LogP contribution in [0.25, 0.3) is 0 Å². The molecule has 1 atom stereocenters. The maximum atomic E-state index is 11.7. The molecule has 1 aliphatic carbocycles. The van der Waals surface area contributed by atoms with E-state index in [9.17, 15) is 13.2 Å². The number of ether oxygens (including phenoxy) is 1. The third-order valence-corrected chi connectivity index (χ3v) is 5.61. The Morgan fingerprint density at radius 3 is 2.90 bits per heavy atom. The predicted octanol–water partition coefficient (Wildman–Crippen LogP) is 1.57. The van der Waals surface area contributed by atoms with Crippen LogP contribution in [0.1, 0.15) is 30.8 Å². The SMILES string of the molecule is CCOC(=O)C1CCc2nc(NS(=O)(=O)CC)sc2C1. The van der Waals surface area contributed by atoms with Crippen molar-refractivity contribution >= 4 is 32.5 Å². The lowest BCUT2D eigenvalue weighted by atomic mass is 9.91. The third-order valence-electron chi connectivity index (χ3n) is 3.18. The van der Waals surface area contributed by atoms with Crippen molar-refractivity contribution in [3.05, 3.63) is 10.6 Å². The maximum absolute atomic E-state index is 11.7. The first-order valence-electron chi connectivity index (χ1n) is 6.61. The Morgan fingerprint density at radius 2 is 2.25 bits per heavy atom. The lowest BCUT2D eigenvalue weighted by molar-refractivity contribution is -0.148. The van der Waals surface area contributed by atoms with Crippen LogP contribution >= 0.6 is 11.3 Å². The van der Waals surface area contributed by atoms with Gasteiger partial charge in [-0.25, -0.2) is 13.4 Å². The van der Waals surface area contributed by atoms with Crippen molar-refractivity contribution in [2.45, 2.75) is 33.1 Å². The molecule has 0 saturated carbocycles. The molecule has 0 spiro atoms. The van der Waals surface area contributed by atoms with Crippen LogP contribution in [0.5, 0.6) is 0 Å². The fraction of sp³-hybridized carbons (Fsp3) is 0.667. The Morgan fingerprint density at radius 1 is 1.50 bits per heavy atom. The molecule has 6 nitrogen and oxygen atoms in total. The molecule has 0 bridgehead atoms. The number of carbonyl (C=O) groups is 1. The van der Waals surface area contributed by atoms with E-state index in [0.717, 1.165) is 10.6 Å². The number of aryl methyl sites for hydroxylation is 1. The fourth-order valence-corrected chi connectivity index (χ4v) is 4.03. The van der Waals surface area contributed by atoms with E-state index in [-0.39, 0.29) is 17.6 Å². The molecule has 20 heavy (non-hydrogen) atoms. The molecule has 8 heteroatoms. The van der Waals surface area contributed by atoms with E-state index >= 15 is 0 Å². The van der Waals surface area contributed by atoms with Crippen LogP contribution in [0.4, 0.5) is 5.13 Å². The quantitative estimate of drug-likeness (QED) is 0.833. The minimum atomic E-state index is -3.30. The molecule has 1 aromatic heterocycles. The maximum Gasteiger partial charge on any atom is 0.309 e. The van der Waals surface area contributed by atoms with Gasteiger partial charge in [0, 0.05) is 4.88 Å². The van der Waals surface area contributed by atoms with Gasteiger partial charge in [-0.3, -0.25) is 9.52 Å². The molecular weight excluding hydrogens is 300 g/mol. The van der Waals surface area contributed by atoms with E-state index in [0.29, 0.717) is 31.0 Å². The lowest BCUT2D eigenvalue weighted by Crippen LogP contribution is -2.24. The highest BCUT2D eigenvalue weighted by atomic mass is 32.2. The van der Waals surface area contributed by atoms with Gasteiger partial charge in [0.25, 0.3) is 0 Å². The molecule has 112 valence electrons. The molecule has 0 fully saturated rings. The zero-order valence-electron chi connectivity index (χ0n) is 11.5. The van der Waals surface area contributed by atoms with Gasteiger partial charge in [-0.15, -0.1) is 11.3 Å². The Bertz CT molecular complexity index is 595. The van der Waals surface area contributed by atoms with Gasteiger partial charge in [-0.05, 0) is 33.1 Å². The Hall–Kier alpha value is -1.15. The number of nitrogens with zero attached hydrogens (tertiary/aromatic N) is 1. The summed E-state index contributed by atoms with van der Waals surface area (Å²) in [6, 6.07) is 0. The van der Waals surface area contributed by atoms with Crippen molar-refractivity contribution in [3.63, 3.8) is 0 Å². The van der Waals surface area contributed by atoms with E-state index in [1.165, 1.54) is 11.3 Å². The summed E-state index contributed by atoms with van der Waals surface area (Å²) in [7, 11) is -3.30. The van der Waals surface area contributed by atoms with E-state index in [1.807, 2.05) is 0 Å². The van der Waals surface area contributed by atoms with Crippen molar-refractivity contribution in [2.24, 2.45) is 5.92 Å². The standard InChI is InChI=1S/C12H18N2O4S2/c1-3-18-11(15)8-5-6-9-10(7-8)19-12(13-9)14-20(16,17)4-2/h8H,3-7H2,1-2H3,(H,13,14). The van der Waals surface area contributed by atoms with Crippen LogP contribution in [0.3, 0.4) is 0 Å². The average Bonchev–Trinajstić information content (AvgIpc) is 2.79. The Kier molecular flexibility index (Phi) is 4.64. The number of carbonyl (C=O) groups excluding carboxylic acids is 1. The second-order valence-corrected chi connectivity index (χ2v) is 7.68. The van der Waals surface area contributed by atoms with Crippen LogP contribution in [0.15, 0.2) is 0 Å². The number of rotatable bonds is 5. The summed E-state index contributed by atoms with van der Waals surface area (Å²) in [6.07, 6.45) is 1.97. The van der Waals surface area contributed by atoms with Crippen LogP contribution in [0, 0.1) is 5.92 Å². The van der Waals surface area contributed by atoms with Gasteiger partial charge in [-0.1, -0.05) is 0 Å². The smallest absolute Gasteiger partial charge is 0.309 e. The number of nitrogens with one attached hydrogen (secondary N) is 1. The summed E-state index contributed by atoms with van der Waals surface area (Å²) < 4.78 is 30.5. The molecule has 1 heterocycles.